The van der Waals surface area contributed by atoms with Crippen LogP contribution in [0.1, 0.15) is 17.4 Å². The maximum absolute atomic E-state index is 11.8. The summed E-state index contributed by atoms with van der Waals surface area (Å²) in [5.74, 6) is -0.409. The van der Waals surface area contributed by atoms with Gasteiger partial charge < -0.3 is 9.47 Å². The van der Waals surface area contributed by atoms with Crippen molar-refractivity contribution in [2.75, 3.05) is 18.5 Å². The van der Waals surface area contributed by atoms with E-state index in [4.69, 9.17) is 21.1 Å². The smallest absolute Gasteiger partial charge is 0.357 e. The number of nitrogens with zero attached hydrogens (tertiary/aromatic N) is 1. The third-order valence-corrected chi connectivity index (χ3v) is 3.39. The predicted molar refractivity (Wildman–Crippen MR) is 83.6 cm³/mol. The van der Waals surface area contributed by atoms with Gasteiger partial charge >= 0.3 is 5.97 Å². The third kappa shape index (κ3) is 4.71. The van der Waals surface area contributed by atoms with Crippen molar-refractivity contribution in [1.29, 1.82) is 0 Å². The molecule has 0 unspecified atom stereocenters. The van der Waals surface area contributed by atoms with Crippen molar-refractivity contribution in [3.05, 3.63) is 40.4 Å². The molecule has 6 nitrogen and oxygen atoms in total. The molecule has 1 aromatic carbocycles. The fourth-order valence-electron chi connectivity index (χ4n) is 1.49. The summed E-state index contributed by atoms with van der Waals surface area (Å²) in [5.41, 5.74) is 0.165. The number of thiazole rings is 1. The minimum Gasteiger partial charge on any atom is -0.484 e. The Morgan fingerprint density at radius 2 is 2.23 bits per heavy atom. The fraction of sp³-hybridized carbons (Fsp3) is 0.214. The summed E-state index contributed by atoms with van der Waals surface area (Å²) in [4.78, 5) is 27.2. The van der Waals surface area contributed by atoms with Gasteiger partial charge in [0.2, 0.25) is 0 Å². The zero-order valence-electron chi connectivity index (χ0n) is 11.7. The molecule has 0 saturated heterocycles. The molecule has 0 spiro atoms. The number of carbonyl (C=O) groups excluding carboxylic acids is 2. The standard InChI is InChI=1S/C14H13ClN2O4S/c1-2-20-13(19)11-8-22-14(16-11)17-12(18)7-21-10-5-3-4-9(15)6-10/h3-6,8H,2,7H2,1H3,(H,16,17,18). The largest absolute Gasteiger partial charge is 0.484 e. The van der Waals surface area contributed by atoms with E-state index < -0.39 is 5.97 Å². The number of benzene rings is 1. The second kappa shape index (κ2) is 7.77. The van der Waals surface area contributed by atoms with E-state index in [-0.39, 0.29) is 24.8 Å². The zero-order valence-corrected chi connectivity index (χ0v) is 13.2. The van der Waals surface area contributed by atoms with Gasteiger partial charge in [-0.2, -0.15) is 0 Å². The average Bonchev–Trinajstić information content (AvgIpc) is 2.94. The van der Waals surface area contributed by atoms with Crippen LogP contribution in [0.2, 0.25) is 5.02 Å². The Balaban J connectivity index is 1.86. The maximum atomic E-state index is 11.8. The topological polar surface area (TPSA) is 77.5 Å². The van der Waals surface area contributed by atoms with Crippen molar-refractivity contribution in [3.8, 4) is 5.75 Å². The molecule has 0 atom stereocenters. The van der Waals surface area contributed by atoms with E-state index in [0.717, 1.165) is 11.3 Å². The molecule has 1 amide bonds. The number of carbonyl (C=O) groups is 2. The second-order valence-corrected chi connectivity index (χ2v) is 5.35. The first kappa shape index (κ1) is 16.3. The lowest BCUT2D eigenvalue weighted by Gasteiger charge is -2.05. The first-order valence-electron chi connectivity index (χ1n) is 6.39. The molecule has 0 bridgehead atoms. The molecular weight excluding hydrogens is 328 g/mol. The van der Waals surface area contributed by atoms with Crippen LogP contribution in [0.3, 0.4) is 0 Å². The van der Waals surface area contributed by atoms with Crippen LogP contribution in [0.25, 0.3) is 0 Å². The van der Waals surface area contributed by atoms with Gasteiger partial charge in [0.25, 0.3) is 5.91 Å². The summed E-state index contributed by atoms with van der Waals surface area (Å²) < 4.78 is 10.1. The van der Waals surface area contributed by atoms with Gasteiger partial charge in [-0.15, -0.1) is 11.3 Å². The lowest BCUT2D eigenvalue weighted by atomic mass is 10.3. The lowest BCUT2D eigenvalue weighted by Crippen LogP contribution is -2.20. The molecule has 1 heterocycles. The van der Waals surface area contributed by atoms with Crippen LogP contribution in [-0.2, 0) is 9.53 Å². The van der Waals surface area contributed by atoms with Crippen molar-refractivity contribution >= 4 is 39.9 Å². The van der Waals surface area contributed by atoms with Gasteiger partial charge in [-0.1, -0.05) is 17.7 Å². The molecule has 22 heavy (non-hydrogen) atoms. The summed E-state index contributed by atoms with van der Waals surface area (Å²) in [7, 11) is 0. The van der Waals surface area contributed by atoms with Crippen LogP contribution in [-0.4, -0.2) is 30.1 Å². The number of nitrogens with one attached hydrogen (secondary N) is 1. The number of halogens is 1. The van der Waals surface area contributed by atoms with Crippen molar-refractivity contribution < 1.29 is 19.1 Å². The predicted octanol–water partition coefficient (Wildman–Crippen LogP) is 2.99. The van der Waals surface area contributed by atoms with Gasteiger partial charge in [0.15, 0.2) is 17.4 Å². The Hall–Kier alpha value is -2.12. The van der Waals surface area contributed by atoms with Crippen LogP contribution in [0.4, 0.5) is 5.13 Å². The number of aromatic nitrogens is 1. The molecule has 0 aliphatic carbocycles. The van der Waals surface area contributed by atoms with Gasteiger partial charge in [-0.05, 0) is 25.1 Å². The SMILES string of the molecule is CCOC(=O)c1csc(NC(=O)COc2cccc(Cl)c2)n1. The Morgan fingerprint density at radius 1 is 1.41 bits per heavy atom. The number of ether oxygens (including phenoxy) is 2. The van der Waals surface area contributed by atoms with E-state index in [2.05, 4.69) is 10.3 Å². The Morgan fingerprint density at radius 3 is 2.95 bits per heavy atom. The average molecular weight is 341 g/mol. The molecule has 1 aromatic heterocycles. The van der Waals surface area contributed by atoms with Crippen LogP contribution in [0.5, 0.6) is 5.75 Å². The highest BCUT2D eigenvalue weighted by Crippen LogP contribution is 2.18. The zero-order chi connectivity index (χ0) is 15.9. The first-order chi connectivity index (χ1) is 10.6. The van der Waals surface area contributed by atoms with Gasteiger partial charge in [-0.25, -0.2) is 9.78 Å². The Bertz CT molecular complexity index is 674. The normalized spacial score (nSPS) is 10.1. The summed E-state index contributed by atoms with van der Waals surface area (Å²) in [6, 6.07) is 6.74. The van der Waals surface area contributed by atoms with E-state index in [1.54, 1.807) is 31.2 Å². The molecule has 1 N–H and O–H groups in total. The molecule has 0 saturated carbocycles. The molecular formula is C14H13ClN2O4S. The van der Waals surface area contributed by atoms with Crippen LogP contribution < -0.4 is 10.1 Å². The number of esters is 1. The minimum absolute atomic E-state index is 0.165. The lowest BCUT2D eigenvalue weighted by molar-refractivity contribution is -0.118. The molecule has 0 radical (unpaired) electrons. The highest BCUT2D eigenvalue weighted by atomic mass is 35.5. The van der Waals surface area contributed by atoms with Gasteiger partial charge in [0.1, 0.15) is 5.75 Å². The fourth-order valence-corrected chi connectivity index (χ4v) is 2.37. The number of hydrogen-bond acceptors (Lipinski definition) is 6. The Kier molecular flexibility index (Phi) is 5.74. The summed E-state index contributed by atoms with van der Waals surface area (Å²) in [6.07, 6.45) is 0. The van der Waals surface area contributed by atoms with E-state index in [0.29, 0.717) is 15.9 Å². The van der Waals surface area contributed by atoms with Crippen molar-refractivity contribution in [2.24, 2.45) is 0 Å². The second-order valence-electron chi connectivity index (χ2n) is 4.05. The molecule has 0 aliphatic heterocycles. The van der Waals surface area contributed by atoms with Crippen molar-refractivity contribution in [2.45, 2.75) is 6.92 Å². The molecule has 0 aliphatic rings. The van der Waals surface area contributed by atoms with Crippen molar-refractivity contribution in [1.82, 2.24) is 4.98 Å². The minimum atomic E-state index is -0.519. The Labute approximate surface area is 136 Å². The quantitative estimate of drug-likeness (QED) is 0.818. The van der Waals surface area contributed by atoms with Crippen LogP contribution >= 0.6 is 22.9 Å². The molecule has 116 valence electrons. The summed E-state index contributed by atoms with van der Waals surface area (Å²) >= 11 is 6.95. The van der Waals surface area contributed by atoms with Crippen LogP contribution in [0.15, 0.2) is 29.6 Å². The summed E-state index contributed by atoms with van der Waals surface area (Å²) in [5, 5.41) is 4.90. The molecule has 2 rings (SSSR count). The highest BCUT2D eigenvalue weighted by Gasteiger charge is 2.13. The molecule has 2 aromatic rings. The van der Waals surface area contributed by atoms with Crippen molar-refractivity contribution in [3.63, 3.8) is 0 Å². The van der Waals surface area contributed by atoms with Gasteiger partial charge in [0.05, 0.1) is 6.61 Å². The monoisotopic (exact) mass is 340 g/mol. The highest BCUT2D eigenvalue weighted by molar-refractivity contribution is 7.14. The molecule has 8 heteroatoms. The van der Waals surface area contributed by atoms with Crippen LogP contribution in [0, 0.1) is 0 Å². The van der Waals surface area contributed by atoms with E-state index in [1.807, 2.05) is 0 Å². The van der Waals surface area contributed by atoms with E-state index in [1.165, 1.54) is 5.38 Å². The molecule has 0 fully saturated rings. The maximum Gasteiger partial charge on any atom is 0.357 e. The van der Waals surface area contributed by atoms with E-state index in [9.17, 15) is 9.59 Å². The third-order valence-electron chi connectivity index (χ3n) is 2.40. The number of anilines is 1. The number of amides is 1. The number of rotatable bonds is 6. The summed E-state index contributed by atoms with van der Waals surface area (Å²) in [6.45, 7) is 1.79. The first-order valence-corrected chi connectivity index (χ1v) is 7.65. The number of hydrogen-bond donors (Lipinski definition) is 1. The van der Waals surface area contributed by atoms with Gasteiger partial charge in [0, 0.05) is 10.4 Å². The van der Waals surface area contributed by atoms with E-state index >= 15 is 0 Å². The van der Waals surface area contributed by atoms with Gasteiger partial charge in [-0.3, -0.25) is 10.1 Å².